The number of carbonyl (C=O) groups excluding carboxylic acids is 2. The minimum absolute atomic E-state index is 0.186. The van der Waals surface area contributed by atoms with Gasteiger partial charge in [-0.3, -0.25) is 9.59 Å². The fourth-order valence-electron chi connectivity index (χ4n) is 3.09. The van der Waals surface area contributed by atoms with Crippen molar-refractivity contribution in [1.82, 2.24) is 10.2 Å². The number of halogens is 1. The number of benzene rings is 2. The molecule has 2 aromatic carbocycles. The lowest BCUT2D eigenvalue weighted by molar-refractivity contribution is -0.142. The maximum absolute atomic E-state index is 13.0. The zero-order chi connectivity index (χ0) is 22.3. The molecule has 162 valence electrons. The molecule has 0 radical (unpaired) electrons. The number of hydrogen-bond acceptors (Lipinski definition) is 4. The molecule has 1 N–H and O–H groups in total. The molecule has 6 nitrogen and oxygen atoms in total. The van der Waals surface area contributed by atoms with E-state index in [9.17, 15) is 9.59 Å². The molecule has 0 fully saturated rings. The minimum Gasteiger partial charge on any atom is -0.497 e. The summed E-state index contributed by atoms with van der Waals surface area (Å²) in [5.74, 6) is 0.748. The van der Waals surface area contributed by atoms with Gasteiger partial charge in [0.05, 0.1) is 7.11 Å². The molecule has 2 rings (SSSR count). The van der Waals surface area contributed by atoms with Crippen molar-refractivity contribution in [2.24, 2.45) is 0 Å². The summed E-state index contributed by atoms with van der Waals surface area (Å²) in [6.45, 7) is 7.88. The van der Waals surface area contributed by atoms with Gasteiger partial charge in [0.15, 0.2) is 6.61 Å². The lowest BCUT2D eigenvalue weighted by Gasteiger charge is -2.28. The van der Waals surface area contributed by atoms with E-state index in [0.29, 0.717) is 23.1 Å². The zero-order valence-electron chi connectivity index (χ0n) is 18.1. The first kappa shape index (κ1) is 23.5. The quantitative estimate of drug-likeness (QED) is 0.652. The van der Waals surface area contributed by atoms with Crippen molar-refractivity contribution < 1.29 is 19.1 Å². The number of methoxy groups -OCH3 is 1. The Morgan fingerprint density at radius 3 is 2.40 bits per heavy atom. The van der Waals surface area contributed by atoms with Crippen LogP contribution in [0.2, 0.25) is 5.02 Å². The molecule has 0 bridgehead atoms. The molecule has 0 aliphatic heterocycles. The Morgan fingerprint density at radius 1 is 1.13 bits per heavy atom. The molecule has 0 heterocycles. The van der Waals surface area contributed by atoms with Gasteiger partial charge in [-0.1, -0.05) is 23.7 Å². The van der Waals surface area contributed by atoms with Crippen LogP contribution in [0.3, 0.4) is 0 Å². The van der Waals surface area contributed by atoms with Gasteiger partial charge in [0.1, 0.15) is 17.5 Å². The third-order valence-corrected chi connectivity index (χ3v) is 5.37. The molecule has 7 heteroatoms. The van der Waals surface area contributed by atoms with E-state index in [1.54, 1.807) is 26.2 Å². The number of carbonyl (C=O) groups is 2. The van der Waals surface area contributed by atoms with Gasteiger partial charge >= 0.3 is 0 Å². The number of aryl methyl sites for hydroxylation is 2. The number of nitrogens with one attached hydrogen (secondary N) is 1. The molecule has 0 saturated heterocycles. The molecule has 2 amide bonds. The smallest absolute Gasteiger partial charge is 0.261 e. The summed E-state index contributed by atoms with van der Waals surface area (Å²) in [6, 6.07) is 10.4. The van der Waals surface area contributed by atoms with Crippen molar-refractivity contribution >= 4 is 23.4 Å². The van der Waals surface area contributed by atoms with Crippen LogP contribution in [-0.2, 0) is 16.1 Å². The maximum atomic E-state index is 13.0. The third-order valence-electron chi connectivity index (χ3n) is 4.78. The van der Waals surface area contributed by atoms with Crippen LogP contribution in [0, 0.1) is 13.8 Å². The highest BCUT2D eigenvalue weighted by Crippen LogP contribution is 2.26. The van der Waals surface area contributed by atoms with Crippen LogP contribution in [0.1, 0.15) is 30.5 Å². The van der Waals surface area contributed by atoms with Crippen LogP contribution in [0.5, 0.6) is 11.5 Å². The SMILES string of the molecule is CCNC(=O)C(C)N(Cc1cccc(OC)c1)C(=O)COc1cc(C)c(Cl)c(C)c1. The van der Waals surface area contributed by atoms with Crippen LogP contribution in [0.4, 0.5) is 0 Å². The molecule has 1 unspecified atom stereocenters. The Hall–Kier alpha value is -2.73. The fraction of sp³-hybridized carbons (Fsp3) is 0.391. The molecule has 1 atom stereocenters. The number of likely N-dealkylation sites (N-methyl/N-ethyl adjacent to an activating group) is 1. The van der Waals surface area contributed by atoms with Crippen LogP contribution in [0.15, 0.2) is 36.4 Å². The molecule has 0 spiro atoms. The third kappa shape index (κ3) is 6.13. The van der Waals surface area contributed by atoms with Gasteiger partial charge in [0.25, 0.3) is 5.91 Å². The standard InChI is InChI=1S/C23H29ClN2O4/c1-6-25-23(28)17(4)26(13-18-8-7-9-19(12-18)29-5)21(27)14-30-20-10-15(2)22(24)16(3)11-20/h7-12,17H,6,13-14H2,1-5H3,(H,25,28). The lowest BCUT2D eigenvalue weighted by atomic mass is 10.1. The summed E-state index contributed by atoms with van der Waals surface area (Å²) in [5.41, 5.74) is 2.61. The van der Waals surface area contributed by atoms with Crippen LogP contribution in [-0.4, -0.2) is 43.0 Å². The van der Waals surface area contributed by atoms with Crippen LogP contribution in [0.25, 0.3) is 0 Å². The van der Waals surface area contributed by atoms with E-state index in [-0.39, 0.29) is 25.0 Å². The molecule has 0 aliphatic rings. The van der Waals surface area contributed by atoms with Crippen LogP contribution >= 0.6 is 11.6 Å². The maximum Gasteiger partial charge on any atom is 0.261 e. The van der Waals surface area contributed by atoms with Crippen LogP contribution < -0.4 is 14.8 Å². The highest BCUT2D eigenvalue weighted by Gasteiger charge is 2.26. The highest BCUT2D eigenvalue weighted by molar-refractivity contribution is 6.32. The molecule has 2 aromatic rings. The first-order chi connectivity index (χ1) is 14.3. The van der Waals surface area contributed by atoms with E-state index in [0.717, 1.165) is 16.7 Å². The van der Waals surface area contributed by atoms with Crippen molar-refractivity contribution in [2.75, 3.05) is 20.3 Å². The van der Waals surface area contributed by atoms with Gasteiger partial charge in [0, 0.05) is 18.1 Å². The van der Waals surface area contributed by atoms with Gasteiger partial charge < -0.3 is 19.7 Å². The fourth-order valence-corrected chi connectivity index (χ4v) is 3.20. The molecule has 0 aromatic heterocycles. The Bertz CT molecular complexity index is 878. The summed E-state index contributed by atoms with van der Waals surface area (Å²) in [6.07, 6.45) is 0. The van der Waals surface area contributed by atoms with Gasteiger partial charge in [-0.2, -0.15) is 0 Å². The summed E-state index contributed by atoms with van der Waals surface area (Å²) >= 11 is 6.20. The van der Waals surface area contributed by atoms with E-state index >= 15 is 0 Å². The van der Waals surface area contributed by atoms with E-state index in [4.69, 9.17) is 21.1 Å². The van der Waals surface area contributed by atoms with Crippen molar-refractivity contribution in [3.63, 3.8) is 0 Å². The largest absolute Gasteiger partial charge is 0.497 e. The monoisotopic (exact) mass is 432 g/mol. The van der Waals surface area contributed by atoms with Gasteiger partial charge in [0.2, 0.25) is 5.91 Å². The van der Waals surface area contributed by atoms with Crippen molar-refractivity contribution in [3.05, 3.63) is 58.1 Å². The summed E-state index contributed by atoms with van der Waals surface area (Å²) in [5, 5.41) is 3.45. The van der Waals surface area contributed by atoms with Gasteiger partial charge in [-0.25, -0.2) is 0 Å². The van der Waals surface area contributed by atoms with Crippen molar-refractivity contribution in [3.8, 4) is 11.5 Å². The molecule has 0 saturated carbocycles. The second-order valence-electron chi connectivity index (χ2n) is 7.10. The van der Waals surface area contributed by atoms with E-state index in [1.807, 2.05) is 45.0 Å². The number of ether oxygens (including phenoxy) is 2. The second kappa shape index (κ2) is 10.9. The number of hydrogen-bond donors (Lipinski definition) is 1. The Kier molecular flexibility index (Phi) is 8.54. The van der Waals surface area contributed by atoms with E-state index < -0.39 is 6.04 Å². The van der Waals surface area contributed by atoms with Gasteiger partial charge in [-0.15, -0.1) is 0 Å². The lowest BCUT2D eigenvalue weighted by Crippen LogP contribution is -2.49. The second-order valence-corrected chi connectivity index (χ2v) is 7.48. The van der Waals surface area contributed by atoms with E-state index in [1.165, 1.54) is 4.90 Å². The Labute approximate surface area is 183 Å². The first-order valence-electron chi connectivity index (χ1n) is 9.86. The predicted molar refractivity (Wildman–Crippen MR) is 118 cm³/mol. The Morgan fingerprint density at radius 2 is 1.80 bits per heavy atom. The average Bonchev–Trinajstić information content (AvgIpc) is 2.73. The number of amides is 2. The van der Waals surface area contributed by atoms with Crippen molar-refractivity contribution in [1.29, 1.82) is 0 Å². The summed E-state index contributed by atoms with van der Waals surface area (Å²) in [4.78, 5) is 27.0. The number of nitrogens with zero attached hydrogens (tertiary/aromatic N) is 1. The summed E-state index contributed by atoms with van der Waals surface area (Å²) in [7, 11) is 1.59. The topological polar surface area (TPSA) is 67.9 Å². The highest BCUT2D eigenvalue weighted by atomic mass is 35.5. The first-order valence-corrected chi connectivity index (χ1v) is 10.2. The normalized spacial score (nSPS) is 11.5. The predicted octanol–water partition coefficient (Wildman–Crippen LogP) is 3.90. The van der Waals surface area contributed by atoms with Gasteiger partial charge in [-0.05, 0) is 68.7 Å². The zero-order valence-corrected chi connectivity index (χ0v) is 18.9. The molecule has 30 heavy (non-hydrogen) atoms. The number of rotatable bonds is 9. The average molecular weight is 433 g/mol. The molecule has 0 aliphatic carbocycles. The van der Waals surface area contributed by atoms with E-state index in [2.05, 4.69) is 5.32 Å². The molecular formula is C23H29ClN2O4. The minimum atomic E-state index is -0.652. The van der Waals surface area contributed by atoms with Crippen molar-refractivity contribution in [2.45, 2.75) is 40.3 Å². The molecular weight excluding hydrogens is 404 g/mol. The Balaban J connectivity index is 2.19. The summed E-state index contributed by atoms with van der Waals surface area (Å²) < 4.78 is 11.0.